The molecule has 0 saturated carbocycles. The van der Waals surface area contributed by atoms with Crippen molar-refractivity contribution >= 4 is 23.2 Å². The number of halogens is 2. The number of nitrogens with two attached hydrogens (primary N) is 1. The molecule has 0 amide bonds. The molecule has 0 aliphatic carbocycles. The molecule has 2 N–H and O–H groups in total. The lowest BCUT2D eigenvalue weighted by Gasteiger charge is -2.20. The average Bonchev–Trinajstić information content (AvgIpc) is 2.41. The summed E-state index contributed by atoms with van der Waals surface area (Å²) >= 11 is 12.3. The number of benzene rings is 2. The Morgan fingerprint density at radius 1 is 1.11 bits per heavy atom. The van der Waals surface area contributed by atoms with Gasteiger partial charge in [0.1, 0.15) is 11.9 Å². The minimum atomic E-state index is -0.312. The van der Waals surface area contributed by atoms with E-state index < -0.39 is 0 Å². The van der Waals surface area contributed by atoms with Crippen molar-refractivity contribution < 1.29 is 4.74 Å². The second kappa shape index (κ2) is 6.29. The Labute approximate surface area is 123 Å². The van der Waals surface area contributed by atoms with E-state index in [1.165, 1.54) is 0 Å². The van der Waals surface area contributed by atoms with Crippen LogP contribution in [0.25, 0.3) is 0 Å². The summed E-state index contributed by atoms with van der Waals surface area (Å²) < 4.78 is 5.90. The highest BCUT2D eigenvalue weighted by Gasteiger charge is 2.16. The second-order valence-corrected chi connectivity index (χ2v) is 5.11. The van der Waals surface area contributed by atoms with Crippen LogP contribution in [-0.4, -0.2) is 6.54 Å². The highest BCUT2D eigenvalue weighted by Crippen LogP contribution is 2.31. The van der Waals surface area contributed by atoms with Crippen LogP contribution >= 0.6 is 23.2 Å². The van der Waals surface area contributed by atoms with Crippen molar-refractivity contribution in [2.45, 2.75) is 13.0 Å². The molecular weight excluding hydrogens is 281 g/mol. The van der Waals surface area contributed by atoms with Gasteiger partial charge in [0.05, 0.1) is 5.02 Å². The van der Waals surface area contributed by atoms with E-state index in [2.05, 4.69) is 0 Å². The summed E-state index contributed by atoms with van der Waals surface area (Å²) in [4.78, 5) is 0. The maximum absolute atomic E-state index is 6.17. The molecule has 100 valence electrons. The van der Waals surface area contributed by atoms with Crippen molar-refractivity contribution in [3.63, 3.8) is 0 Å². The normalized spacial score (nSPS) is 12.2. The first-order valence-electron chi connectivity index (χ1n) is 5.99. The standard InChI is InChI=1S/C15H15Cl2NO/c1-10-6-7-13(17)14(8-10)19-15(9-18)11-4-2-3-5-12(11)16/h2-8,15H,9,18H2,1H3. The van der Waals surface area contributed by atoms with Crippen molar-refractivity contribution in [3.8, 4) is 5.75 Å². The molecular formula is C15H15Cl2NO. The topological polar surface area (TPSA) is 35.2 Å². The zero-order valence-corrected chi connectivity index (χ0v) is 12.1. The van der Waals surface area contributed by atoms with Gasteiger partial charge in [0.2, 0.25) is 0 Å². The molecule has 4 heteroatoms. The SMILES string of the molecule is Cc1ccc(Cl)c(OC(CN)c2ccccc2Cl)c1. The molecule has 0 heterocycles. The first-order chi connectivity index (χ1) is 9.11. The zero-order valence-electron chi connectivity index (χ0n) is 10.6. The lowest BCUT2D eigenvalue weighted by molar-refractivity contribution is 0.214. The van der Waals surface area contributed by atoms with Gasteiger partial charge in [-0.25, -0.2) is 0 Å². The summed E-state index contributed by atoms with van der Waals surface area (Å²) in [6, 6.07) is 13.1. The Kier molecular flexibility index (Phi) is 4.70. The molecule has 0 saturated heterocycles. The lowest BCUT2D eigenvalue weighted by Crippen LogP contribution is -2.19. The van der Waals surface area contributed by atoms with Crippen LogP contribution in [0, 0.1) is 6.92 Å². The van der Waals surface area contributed by atoms with Crippen LogP contribution in [0.2, 0.25) is 10.0 Å². The van der Waals surface area contributed by atoms with Crippen LogP contribution in [0.3, 0.4) is 0 Å². The molecule has 2 aromatic carbocycles. The van der Waals surface area contributed by atoms with Crippen molar-refractivity contribution in [2.24, 2.45) is 5.73 Å². The first kappa shape index (κ1) is 14.2. The highest BCUT2D eigenvalue weighted by molar-refractivity contribution is 6.32. The maximum atomic E-state index is 6.17. The molecule has 0 aliphatic heterocycles. The van der Waals surface area contributed by atoms with Crippen molar-refractivity contribution in [1.29, 1.82) is 0 Å². The molecule has 0 spiro atoms. The number of hydrogen-bond acceptors (Lipinski definition) is 2. The van der Waals surface area contributed by atoms with Crippen molar-refractivity contribution in [3.05, 3.63) is 63.6 Å². The smallest absolute Gasteiger partial charge is 0.139 e. The second-order valence-electron chi connectivity index (χ2n) is 4.30. The highest BCUT2D eigenvalue weighted by atomic mass is 35.5. The molecule has 19 heavy (non-hydrogen) atoms. The van der Waals surface area contributed by atoms with Gasteiger partial charge in [0.25, 0.3) is 0 Å². The van der Waals surface area contributed by atoms with Gasteiger partial charge in [-0.3, -0.25) is 0 Å². The Bertz CT molecular complexity index is 572. The summed E-state index contributed by atoms with van der Waals surface area (Å²) in [5, 5.41) is 1.21. The molecule has 2 nitrogen and oxygen atoms in total. The lowest BCUT2D eigenvalue weighted by atomic mass is 10.1. The third-order valence-corrected chi connectivity index (χ3v) is 3.48. The van der Waals surface area contributed by atoms with Crippen molar-refractivity contribution in [1.82, 2.24) is 0 Å². The Hall–Kier alpha value is -1.22. The van der Waals surface area contributed by atoms with Crippen LogP contribution < -0.4 is 10.5 Å². The molecule has 2 rings (SSSR count). The number of hydrogen-bond donors (Lipinski definition) is 1. The van der Waals surface area contributed by atoms with Crippen LogP contribution in [0.15, 0.2) is 42.5 Å². The fourth-order valence-corrected chi connectivity index (χ4v) is 2.25. The third kappa shape index (κ3) is 3.41. The average molecular weight is 296 g/mol. The fourth-order valence-electron chi connectivity index (χ4n) is 1.83. The van der Waals surface area contributed by atoms with Crippen molar-refractivity contribution in [2.75, 3.05) is 6.54 Å². The summed E-state index contributed by atoms with van der Waals surface area (Å²) in [7, 11) is 0. The molecule has 0 radical (unpaired) electrons. The van der Waals surface area contributed by atoms with Gasteiger partial charge in [0.15, 0.2) is 0 Å². The molecule has 2 aromatic rings. The largest absolute Gasteiger partial charge is 0.483 e. The number of rotatable bonds is 4. The van der Waals surface area contributed by atoms with Crippen LogP contribution in [0.5, 0.6) is 5.75 Å². The van der Waals surface area contributed by atoms with E-state index in [4.69, 9.17) is 33.7 Å². The number of ether oxygens (including phenoxy) is 1. The van der Waals surface area contributed by atoms with Gasteiger partial charge in [-0.05, 0) is 30.7 Å². The Balaban J connectivity index is 2.29. The summed E-state index contributed by atoms with van der Waals surface area (Å²) in [5.74, 6) is 0.622. The van der Waals surface area contributed by atoms with Crippen LogP contribution in [0.1, 0.15) is 17.2 Å². The molecule has 1 atom stereocenters. The van der Waals surface area contributed by atoms with Crippen LogP contribution in [0.4, 0.5) is 0 Å². The van der Waals surface area contributed by atoms with Gasteiger partial charge in [-0.15, -0.1) is 0 Å². The van der Waals surface area contributed by atoms with E-state index in [0.717, 1.165) is 11.1 Å². The molecule has 0 bridgehead atoms. The van der Waals surface area contributed by atoms with E-state index in [0.29, 0.717) is 22.3 Å². The van der Waals surface area contributed by atoms with E-state index >= 15 is 0 Å². The number of aryl methyl sites for hydroxylation is 1. The Morgan fingerprint density at radius 2 is 1.84 bits per heavy atom. The summed E-state index contributed by atoms with van der Waals surface area (Å²) in [6.45, 7) is 2.31. The molecule has 0 aliphatic rings. The molecule has 1 unspecified atom stereocenters. The molecule has 0 fully saturated rings. The van der Waals surface area contributed by atoms with E-state index in [1.54, 1.807) is 0 Å². The monoisotopic (exact) mass is 295 g/mol. The maximum Gasteiger partial charge on any atom is 0.139 e. The van der Waals surface area contributed by atoms with Gasteiger partial charge < -0.3 is 10.5 Å². The van der Waals surface area contributed by atoms with Gasteiger partial charge in [-0.2, -0.15) is 0 Å². The summed E-state index contributed by atoms with van der Waals surface area (Å²) in [5.41, 5.74) is 7.73. The predicted molar refractivity (Wildman–Crippen MR) is 80.1 cm³/mol. The van der Waals surface area contributed by atoms with Gasteiger partial charge in [-0.1, -0.05) is 47.5 Å². The first-order valence-corrected chi connectivity index (χ1v) is 6.74. The minimum absolute atomic E-state index is 0.312. The van der Waals surface area contributed by atoms with E-state index in [1.807, 2.05) is 49.4 Å². The van der Waals surface area contributed by atoms with Gasteiger partial charge >= 0.3 is 0 Å². The Morgan fingerprint density at radius 3 is 2.53 bits per heavy atom. The third-order valence-electron chi connectivity index (χ3n) is 2.82. The fraction of sp³-hybridized carbons (Fsp3) is 0.200. The molecule has 0 aromatic heterocycles. The van der Waals surface area contributed by atoms with Crippen LogP contribution in [-0.2, 0) is 0 Å². The van der Waals surface area contributed by atoms with E-state index in [-0.39, 0.29) is 6.10 Å². The van der Waals surface area contributed by atoms with Gasteiger partial charge in [0, 0.05) is 17.1 Å². The minimum Gasteiger partial charge on any atom is -0.483 e. The zero-order chi connectivity index (χ0) is 13.8. The summed E-state index contributed by atoms with van der Waals surface area (Å²) in [6.07, 6.45) is -0.312. The van der Waals surface area contributed by atoms with E-state index in [9.17, 15) is 0 Å². The quantitative estimate of drug-likeness (QED) is 0.908. The predicted octanol–water partition coefficient (Wildman–Crippen LogP) is 4.38.